The van der Waals surface area contributed by atoms with Crippen molar-refractivity contribution in [2.45, 2.75) is 50.8 Å². The summed E-state index contributed by atoms with van der Waals surface area (Å²) in [7, 11) is 0. The SMILES string of the molecule is CC[C@@]1(O)C[C@H]2O[C@]1(C)n1c3ccccc3c3c4c(c5c6ccccc6n2c5c31)C(=O)NC4. The number of benzene rings is 3. The Balaban J connectivity index is 1.78. The molecular formula is C27H23N3O3. The number of fused-ring (bicyclic) bond motifs is 13. The van der Waals surface area contributed by atoms with E-state index in [9.17, 15) is 9.90 Å². The van der Waals surface area contributed by atoms with Crippen molar-refractivity contribution in [3.63, 3.8) is 0 Å². The predicted octanol–water partition coefficient (Wildman–Crippen LogP) is 4.89. The van der Waals surface area contributed by atoms with Gasteiger partial charge in [-0.1, -0.05) is 43.3 Å². The van der Waals surface area contributed by atoms with Gasteiger partial charge in [-0.15, -0.1) is 0 Å². The molecular weight excluding hydrogens is 414 g/mol. The van der Waals surface area contributed by atoms with Gasteiger partial charge in [-0.05, 0) is 31.0 Å². The number of para-hydroxylation sites is 2. The van der Waals surface area contributed by atoms with Crippen molar-refractivity contribution in [3.05, 3.63) is 59.7 Å². The van der Waals surface area contributed by atoms with Crippen LogP contribution in [0.15, 0.2) is 48.5 Å². The highest BCUT2D eigenvalue weighted by atomic mass is 16.6. The molecule has 5 heterocycles. The molecule has 0 aliphatic carbocycles. The Bertz CT molecular complexity index is 1730. The van der Waals surface area contributed by atoms with Crippen LogP contribution in [0.2, 0.25) is 0 Å². The molecule has 5 aromatic rings. The normalized spacial score (nSPS) is 27.8. The van der Waals surface area contributed by atoms with Crippen molar-refractivity contribution < 1.29 is 14.6 Å². The minimum absolute atomic E-state index is 0.0155. The van der Waals surface area contributed by atoms with Crippen molar-refractivity contribution in [3.8, 4) is 0 Å². The van der Waals surface area contributed by atoms with Gasteiger partial charge < -0.3 is 24.3 Å². The standard InChI is InChI=1S/C27H23N3O3/c1-3-27(32)12-19-29-17-10-6-4-8-14(17)21-22-16(13-28-25(22)31)20-15-9-5-7-11-18(15)30(24(20)23(21)29)26(27,2)33-19/h4-11,19,32H,3,12-13H2,1-2H3,(H,28,31)/t19-,26+,27-/m1/s1. The Kier molecular flexibility index (Phi) is 2.97. The summed E-state index contributed by atoms with van der Waals surface area (Å²) in [6.45, 7) is 4.57. The monoisotopic (exact) mass is 437 g/mol. The highest BCUT2D eigenvalue weighted by molar-refractivity contribution is 6.31. The van der Waals surface area contributed by atoms with Gasteiger partial charge in [0.15, 0.2) is 5.72 Å². The summed E-state index contributed by atoms with van der Waals surface area (Å²) in [6.07, 6.45) is 0.743. The van der Waals surface area contributed by atoms with Gasteiger partial charge in [0.2, 0.25) is 0 Å². The summed E-state index contributed by atoms with van der Waals surface area (Å²) < 4.78 is 11.3. The number of aromatic nitrogens is 2. The first kappa shape index (κ1) is 18.1. The number of carbonyl (C=O) groups is 1. The summed E-state index contributed by atoms with van der Waals surface area (Å²) in [5, 5.41) is 19.3. The van der Waals surface area contributed by atoms with Gasteiger partial charge >= 0.3 is 0 Å². The highest BCUT2D eigenvalue weighted by Crippen LogP contribution is 2.58. The first-order valence-electron chi connectivity index (χ1n) is 11.7. The molecule has 2 aromatic heterocycles. The lowest BCUT2D eigenvalue weighted by atomic mass is 9.86. The molecule has 8 rings (SSSR count). The fourth-order valence-electron chi connectivity index (χ4n) is 6.99. The second kappa shape index (κ2) is 5.41. The van der Waals surface area contributed by atoms with Crippen molar-refractivity contribution in [2.75, 3.05) is 0 Å². The van der Waals surface area contributed by atoms with Crippen LogP contribution in [0, 0.1) is 0 Å². The van der Waals surface area contributed by atoms with E-state index in [0.29, 0.717) is 19.4 Å². The Hall–Kier alpha value is -3.35. The summed E-state index contributed by atoms with van der Waals surface area (Å²) in [4.78, 5) is 13.2. The number of ether oxygens (including phenoxy) is 1. The fraction of sp³-hybridized carbons (Fsp3) is 0.296. The molecule has 2 N–H and O–H groups in total. The van der Waals surface area contributed by atoms with Crippen LogP contribution in [0.25, 0.3) is 43.6 Å². The van der Waals surface area contributed by atoms with E-state index in [2.05, 4.69) is 38.7 Å². The van der Waals surface area contributed by atoms with E-state index in [-0.39, 0.29) is 12.1 Å². The maximum atomic E-state index is 13.2. The summed E-state index contributed by atoms with van der Waals surface area (Å²) in [5.74, 6) is -0.0155. The number of hydrogen-bond donors (Lipinski definition) is 2. The van der Waals surface area contributed by atoms with Gasteiger partial charge in [-0.3, -0.25) is 4.79 Å². The number of nitrogens with zero attached hydrogens (tertiary/aromatic N) is 2. The Morgan fingerprint density at radius 1 is 1.06 bits per heavy atom. The zero-order chi connectivity index (χ0) is 22.3. The van der Waals surface area contributed by atoms with Crippen LogP contribution in [0.1, 0.15) is 48.8 Å². The van der Waals surface area contributed by atoms with Crippen molar-refractivity contribution in [1.82, 2.24) is 14.5 Å². The molecule has 0 radical (unpaired) electrons. The molecule has 1 saturated heterocycles. The third-order valence-electron chi connectivity index (χ3n) is 8.56. The summed E-state index contributed by atoms with van der Waals surface area (Å²) >= 11 is 0. The number of aliphatic hydroxyl groups is 1. The van der Waals surface area contributed by atoms with Gasteiger partial charge in [0.05, 0.1) is 27.6 Å². The molecule has 0 saturated carbocycles. The minimum atomic E-state index is -1.03. The van der Waals surface area contributed by atoms with E-state index in [4.69, 9.17) is 4.74 Å². The molecule has 3 aliphatic rings. The maximum Gasteiger partial charge on any atom is 0.252 e. The minimum Gasteiger partial charge on any atom is -0.385 e. The maximum absolute atomic E-state index is 13.2. The van der Waals surface area contributed by atoms with Crippen LogP contribution in [0.5, 0.6) is 0 Å². The number of hydrogen-bond acceptors (Lipinski definition) is 3. The van der Waals surface area contributed by atoms with E-state index >= 15 is 0 Å². The average molecular weight is 437 g/mol. The van der Waals surface area contributed by atoms with Crippen LogP contribution < -0.4 is 5.32 Å². The molecule has 3 atom stereocenters. The van der Waals surface area contributed by atoms with Gasteiger partial charge in [-0.25, -0.2) is 0 Å². The third-order valence-corrected chi connectivity index (χ3v) is 8.56. The first-order chi connectivity index (χ1) is 16.0. The largest absolute Gasteiger partial charge is 0.385 e. The van der Waals surface area contributed by atoms with E-state index in [1.54, 1.807) is 0 Å². The van der Waals surface area contributed by atoms with Crippen LogP contribution in [-0.2, 0) is 17.0 Å². The lowest BCUT2D eigenvalue weighted by Crippen LogP contribution is -2.50. The van der Waals surface area contributed by atoms with Crippen LogP contribution in [0.4, 0.5) is 0 Å². The molecule has 0 spiro atoms. The number of rotatable bonds is 1. The molecule has 3 aromatic carbocycles. The average Bonchev–Trinajstić information content (AvgIpc) is 3.51. The Morgan fingerprint density at radius 2 is 1.76 bits per heavy atom. The number of carbonyl (C=O) groups excluding carboxylic acids is 1. The molecule has 6 nitrogen and oxygen atoms in total. The summed E-state index contributed by atoms with van der Waals surface area (Å²) in [5.41, 5.74) is 3.99. The van der Waals surface area contributed by atoms with E-state index in [1.807, 2.05) is 38.1 Å². The van der Waals surface area contributed by atoms with Crippen molar-refractivity contribution in [2.24, 2.45) is 0 Å². The van der Waals surface area contributed by atoms with Crippen LogP contribution in [-0.4, -0.2) is 25.7 Å². The van der Waals surface area contributed by atoms with E-state index < -0.39 is 11.3 Å². The quantitative estimate of drug-likeness (QED) is 0.392. The lowest BCUT2D eigenvalue weighted by molar-refractivity contribution is -0.178. The molecule has 164 valence electrons. The zero-order valence-corrected chi connectivity index (χ0v) is 18.5. The molecule has 3 aliphatic heterocycles. The topological polar surface area (TPSA) is 68.4 Å². The first-order valence-corrected chi connectivity index (χ1v) is 11.7. The molecule has 0 unspecified atom stereocenters. The molecule has 33 heavy (non-hydrogen) atoms. The van der Waals surface area contributed by atoms with Gasteiger partial charge in [-0.2, -0.15) is 0 Å². The van der Waals surface area contributed by atoms with E-state index in [0.717, 1.165) is 54.7 Å². The Labute approximate surface area is 189 Å². The van der Waals surface area contributed by atoms with Crippen molar-refractivity contribution >= 4 is 49.5 Å². The second-order valence-electron chi connectivity index (χ2n) is 9.87. The zero-order valence-electron chi connectivity index (χ0n) is 18.5. The second-order valence-corrected chi connectivity index (χ2v) is 9.87. The number of nitrogens with one attached hydrogen (secondary N) is 1. The van der Waals surface area contributed by atoms with Gasteiger partial charge in [0.1, 0.15) is 11.8 Å². The van der Waals surface area contributed by atoms with Crippen molar-refractivity contribution in [1.29, 1.82) is 0 Å². The molecule has 6 heteroatoms. The predicted molar refractivity (Wildman–Crippen MR) is 127 cm³/mol. The smallest absolute Gasteiger partial charge is 0.252 e. The molecule has 1 amide bonds. The van der Waals surface area contributed by atoms with Gasteiger partial charge in [0, 0.05) is 34.5 Å². The molecule has 1 fully saturated rings. The number of amides is 1. The Morgan fingerprint density at radius 3 is 2.52 bits per heavy atom. The molecule has 2 bridgehead atoms. The van der Waals surface area contributed by atoms with Crippen LogP contribution in [0.3, 0.4) is 0 Å². The third kappa shape index (κ3) is 1.76. The van der Waals surface area contributed by atoms with Crippen LogP contribution >= 0.6 is 0 Å². The highest BCUT2D eigenvalue weighted by Gasteiger charge is 2.59. The lowest BCUT2D eigenvalue weighted by Gasteiger charge is -2.39. The van der Waals surface area contributed by atoms with E-state index in [1.165, 1.54) is 0 Å². The fourth-order valence-corrected chi connectivity index (χ4v) is 6.99. The summed E-state index contributed by atoms with van der Waals surface area (Å²) in [6, 6.07) is 16.6. The van der Waals surface area contributed by atoms with Gasteiger partial charge in [0.25, 0.3) is 5.91 Å².